The van der Waals surface area contributed by atoms with Gasteiger partial charge in [0.25, 0.3) is 0 Å². The Labute approximate surface area is 186 Å². The first kappa shape index (κ1) is 24.5. The Kier molecular flexibility index (Phi) is 12.3. The number of hydrogen-bond donors (Lipinski definition) is 2. The first-order valence-corrected chi connectivity index (χ1v) is 10.1. The third kappa shape index (κ3) is 8.13. The highest BCUT2D eigenvalue weighted by Gasteiger charge is 2.30. The van der Waals surface area contributed by atoms with Crippen molar-refractivity contribution in [3.8, 4) is 0 Å². The quantitative estimate of drug-likeness (QED) is 0.242. The van der Waals surface area contributed by atoms with Gasteiger partial charge in [0.15, 0.2) is 5.96 Å². The van der Waals surface area contributed by atoms with Crippen LogP contribution < -0.4 is 10.6 Å². The Hall–Kier alpha value is -0.570. The smallest absolute Gasteiger partial charge is 0.191 e. The highest BCUT2D eigenvalue weighted by atomic mass is 127. The molecule has 1 aromatic rings. The molecule has 0 radical (unpaired) electrons. The zero-order valence-electron chi connectivity index (χ0n) is 16.7. The van der Waals surface area contributed by atoms with Gasteiger partial charge >= 0.3 is 0 Å². The molecular formula is C20H34ClIN4O. The Morgan fingerprint density at radius 1 is 1.33 bits per heavy atom. The average molecular weight is 509 g/mol. The van der Waals surface area contributed by atoms with Crippen molar-refractivity contribution in [3.63, 3.8) is 0 Å². The summed E-state index contributed by atoms with van der Waals surface area (Å²) in [5, 5.41) is 7.47. The third-order valence-corrected chi connectivity index (χ3v) is 5.00. The van der Waals surface area contributed by atoms with Crippen LogP contribution >= 0.6 is 35.6 Å². The lowest BCUT2D eigenvalue weighted by molar-refractivity contribution is 0.125. The fraction of sp³-hybridized carbons (Fsp3) is 0.650. The van der Waals surface area contributed by atoms with E-state index in [4.69, 9.17) is 21.3 Å². The van der Waals surface area contributed by atoms with E-state index in [0.29, 0.717) is 18.6 Å². The number of piperidine rings is 1. The number of benzene rings is 1. The summed E-state index contributed by atoms with van der Waals surface area (Å²) in [4.78, 5) is 7.28. The van der Waals surface area contributed by atoms with E-state index in [2.05, 4.69) is 41.6 Å². The molecule has 1 saturated heterocycles. The Bertz CT molecular complexity index is 573. The molecule has 1 fully saturated rings. The van der Waals surface area contributed by atoms with Crippen molar-refractivity contribution in [2.75, 3.05) is 46.4 Å². The van der Waals surface area contributed by atoms with Gasteiger partial charge in [0.1, 0.15) is 0 Å². The Balaban J connectivity index is 0.00000364. The number of likely N-dealkylation sites (tertiary alicyclic amines) is 1. The molecule has 7 heteroatoms. The lowest BCUT2D eigenvalue weighted by Gasteiger charge is -2.39. The van der Waals surface area contributed by atoms with Crippen molar-refractivity contribution in [3.05, 3.63) is 34.9 Å². The SMILES string of the molecule is CCNC(=NCC1CCCN(C)C1c1cccc(Cl)c1)NCCOCC.I. The average Bonchev–Trinajstić information content (AvgIpc) is 2.63. The summed E-state index contributed by atoms with van der Waals surface area (Å²) in [5.41, 5.74) is 1.29. The number of nitrogens with zero attached hydrogens (tertiary/aromatic N) is 2. The summed E-state index contributed by atoms with van der Waals surface area (Å²) in [6.07, 6.45) is 2.39. The molecule has 0 aliphatic carbocycles. The van der Waals surface area contributed by atoms with E-state index in [1.807, 2.05) is 19.1 Å². The molecule has 5 nitrogen and oxygen atoms in total. The van der Waals surface area contributed by atoms with Gasteiger partial charge in [-0.05, 0) is 63.9 Å². The van der Waals surface area contributed by atoms with Crippen molar-refractivity contribution < 1.29 is 4.74 Å². The van der Waals surface area contributed by atoms with Crippen LogP contribution in [0.5, 0.6) is 0 Å². The zero-order chi connectivity index (χ0) is 18.8. The number of aliphatic imine (C=N–C) groups is 1. The summed E-state index contributed by atoms with van der Waals surface area (Å²) >= 11 is 6.23. The molecule has 2 rings (SSSR count). The predicted octanol–water partition coefficient (Wildman–Crippen LogP) is 3.93. The van der Waals surface area contributed by atoms with Crippen LogP contribution in [0.15, 0.2) is 29.3 Å². The van der Waals surface area contributed by atoms with E-state index in [-0.39, 0.29) is 24.0 Å². The molecule has 0 bridgehead atoms. The van der Waals surface area contributed by atoms with Crippen LogP contribution in [0.2, 0.25) is 5.02 Å². The van der Waals surface area contributed by atoms with E-state index in [1.165, 1.54) is 18.4 Å². The molecule has 2 N–H and O–H groups in total. The number of nitrogens with one attached hydrogen (secondary N) is 2. The van der Waals surface area contributed by atoms with E-state index in [0.717, 1.165) is 43.8 Å². The van der Waals surface area contributed by atoms with Crippen LogP contribution in [0.1, 0.15) is 38.3 Å². The molecule has 0 saturated carbocycles. The standard InChI is InChI=1S/C20H33ClN4O.HI/c1-4-22-20(23-11-13-26-5-2)24-15-17-9-7-12-25(3)19(17)16-8-6-10-18(21)14-16;/h6,8,10,14,17,19H,4-5,7,9,11-13,15H2,1-3H3,(H2,22,23,24);1H. The van der Waals surface area contributed by atoms with E-state index < -0.39 is 0 Å². The van der Waals surface area contributed by atoms with Gasteiger partial charge in [-0.2, -0.15) is 0 Å². The van der Waals surface area contributed by atoms with Crippen molar-refractivity contribution in [2.45, 2.75) is 32.7 Å². The maximum absolute atomic E-state index is 6.23. The lowest BCUT2D eigenvalue weighted by atomic mass is 9.85. The van der Waals surface area contributed by atoms with Crippen molar-refractivity contribution in [2.24, 2.45) is 10.9 Å². The van der Waals surface area contributed by atoms with Crippen LogP contribution in [0.3, 0.4) is 0 Å². The maximum atomic E-state index is 6.23. The number of rotatable bonds is 8. The summed E-state index contributed by atoms with van der Waals surface area (Å²) in [6, 6.07) is 8.61. The highest BCUT2D eigenvalue weighted by Crippen LogP contribution is 2.36. The molecule has 0 aromatic heterocycles. The zero-order valence-corrected chi connectivity index (χ0v) is 19.8. The summed E-state index contributed by atoms with van der Waals surface area (Å²) < 4.78 is 5.39. The van der Waals surface area contributed by atoms with Crippen LogP contribution in [-0.4, -0.2) is 57.3 Å². The number of halogens is 2. The molecule has 27 heavy (non-hydrogen) atoms. The molecular weight excluding hydrogens is 475 g/mol. The fourth-order valence-corrected chi connectivity index (χ4v) is 3.80. The molecule has 0 amide bonds. The van der Waals surface area contributed by atoms with Gasteiger partial charge < -0.3 is 15.4 Å². The number of hydrogen-bond acceptors (Lipinski definition) is 3. The van der Waals surface area contributed by atoms with Crippen molar-refractivity contribution in [1.82, 2.24) is 15.5 Å². The summed E-state index contributed by atoms with van der Waals surface area (Å²) in [5.74, 6) is 1.35. The normalized spacial score (nSPS) is 20.8. The number of ether oxygens (including phenoxy) is 1. The molecule has 2 unspecified atom stereocenters. The van der Waals surface area contributed by atoms with Crippen LogP contribution in [0.4, 0.5) is 0 Å². The van der Waals surface area contributed by atoms with Gasteiger partial charge in [-0.1, -0.05) is 23.7 Å². The fourth-order valence-electron chi connectivity index (χ4n) is 3.60. The van der Waals surface area contributed by atoms with Crippen molar-refractivity contribution in [1.29, 1.82) is 0 Å². The number of guanidine groups is 1. The topological polar surface area (TPSA) is 48.9 Å². The van der Waals surface area contributed by atoms with Gasteiger partial charge in [0.2, 0.25) is 0 Å². The Morgan fingerprint density at radius 3 is 2.85 bits per heavy atom. The summed E-state index contributed by atoms with van der Waals surface area (Å²) in [6.45, 7) is 9.06. The largest absolute Gasteiger partial charge is 0.380 e. The minimum atomic E-state index is 0. The van der Waals surface area contributed by atoms with E-state index >= 15 is 0 Å². The lowest BCUT2D eigenvalue weighted by Crippen LogP contribution is -2.41. The molecule has 2 atom stereocenters. The van der Waals surface area contributed by atoms with Crippen LogP contribution in [0.25, 0.3) is 0 Å². The van der Waals surface area contributed by atoms with Gasteiger partial charge in [-0.3, -0.25) is 9.89 Å². The Morgan fingerprint density at radius 2 is 2.15 bits per heavy atom. The molecule has 154 valence electrons. The van der Waals surface area contributed by atoms with Crippen molar-refractivity contribution >= 4 is 41.5 Å². The van der Waals surface area contributed by atoms with Gasteiger partial charge in [-0.15, -0.1) is 24.0 Å². The second kappa shape index (κ2) is 13.6. The molecule has 1 heterocycles. The predicted molar refractivity (Wildman–Crippen MR) is 125 cm³/mol. The minimum absolute atomic E-state index is 0. The third-order valence-electron chi connectivity index (χ3n) is 4.77. The minimum Gasteiger partial charge on any atom is -0.380 e. The first-order valence-electron chi connectivity index (χ1n) is 9.71. The van der Waals surface area contributed by atoms with E-state index in [9.17, 15) is 0 Å². The van der Waals surface area contributed by atoms with Gasteiger partial charge in [-0.25, -0.2) is 0 Å². The molecule has 0 spiro atoms. The van der Waals surface area contributed by atoms with Gasteiger partial charge in [0, 0.05) is 37.3 Å². The van der Waals surface area contributed by atoms with Crippen LogP contribution in [-0.2, 0) is 4.74 Å². The molecule has 1 aliphatic rings. The molecule has 1 aromatic carbocycles. The summed E-state index contributed by atoms with van der Waals surface area (Å²) in [7, 11) is 2.20. The second-order valence-electron chi connectivity index (χ2n) is 6.73. The van der Waals surface area contributed by atoms with E-state index in [1.54, 1.807) is 0 Å². The molecule has 1 aliphatic heterocycles. The van der Waals surface area contributed by atoms with Crippen LogP contribution in [0, 0.1) is 5.92 Å². The maximum Gasteiger partial charge on any atom is 0.191 e. The highest BCUT2D eigenvalue weighted by molar-refractivity contribution is 14.0. The first-order chi connectivity index (χ1) is 12.7. The second-order valence-corrected chi connectivity index (χ2v) is 7.16. The van der Waals surface area contributed by atoms with Gasteiger partial charge in [0.05, 0.1) is 6.61 Å². The monoisotopic (exact) mass is 508 g/mol.